The van der Waals surface area contributed by atoms with E-state index in [-0.39, 0.29) is 5.56 Å². The maximum Gasteiger partial charge on any atom is 0.293 e. The third kappa shape index (κ3) is 2.71. The van der Waals surface area contributed by atoms with Crippen molar-refractivity contribution in [2.45, 2.75) is 26.9 Å². The lowest BCUT2D eigenvalue weighted by molar-refractivity contribution is 0.718. The van der Waals surface area contributed by atoms with Crippen molar-refractivity contribution in [3.05, 3.63) is 38.8 Å². The van der Waals surface area contributed by atoms with Gasteiger partial charge in [0.1, 0.15) is 5.01 Å². The third-order valence-electron chi connectivity index (χ3n) is 2.33. The fourth-order valence-corrected chi connectivity index (χ4v) is 2.19. The molecule has 5 nitrogen and oxygen atoms in total. The van der Waals surface area contributed by atoms with Crippen LogP contribution in [0.2, 0.25) is 0 Å². The van der Waals surface area contributed by atoms with Crippen molar-refractivity contribution in [1.29, 1.82) is 0 Å². The number of nitrogens with zero attached hydrogens (tertiary/aromatic N) is 3. The van der Waals surface area contributed by atoms with Crippen molar-refractivity contribution >= 4 is 17.2 Å². The van der Waals surface area contributed by atoms with Gasteiger partial charge in [-0.25, -0.2) is 9.97 Å². The van der Waals surface area contributed by atoms with E-state index in [2.05, 4.69) is 15.3 Å². The highest BCUT2D eigenvalue weighted by atomic mass is 32.1. The predicted octanol–water partition coefficient (Wildman–Crippen LogP) is 1.64. The Morgan fingerprint density at radius 3 is 2.94 bits per heavy atom. The zero-order chi connectivity index (χ0) is 12.3. The van der Waals surface area contributed by atoms with E-state index in [1.165, 1.54) is 0 Å². The van der Waals surface area contributed by atoms with Gasteiger partial charge in [0.2, 0.25) is 0 Å². The minimum Gasteiger partial charge on any atom is -0.359 e. The van der Waals surface area contributed by atoms with Crippen molar-refractivity contribution in [3.63, 3.8) is 0 Å². The van der Waals surface area contributed by atoms with Gasteiger partial charge in [0.15, 0.2) is 5.82 Å². The highest BCUT2D eigenvalue weighted by Gasteiger charge is 2.04. The highest BCUT2D eigenvalue weighted by Crippen LogP contribution is 2.11. The van der Waals surface area contributed by atoms with Crippen molar-refractivity contribution < 1.29 is 0 Å². The lowest BCUT2D eigenvalue weighted by Gasteiger charge is -2.05. The molecule has 0 aromatic carbocycles. The van der Waals surface area contributed by atoms with Crippen LogP contribution in [-0.2, 0) is 13.1 Å². The van der Waals surface area contributed by atoms with E-state index in [1.807, 2.05) is 20.0 Å². The summed E-state index contributed by atoms with van der Waals surface area (Å²) in [6, 6.07) is 0. The molecule has 0 fully saturated rings. The average Bonchev–Trinajstić information content (AvgIpc) is 2.74. The smallest absolute Gasteiger partial charge is 0.293 e. The van der Waals surface area contributed by atoms with Gasteiger partial charge >= 0.3 is 0 Å². The zero-order valence-electron chi connectivity index (χ0n) is 9.80. The second-order valence-corrected chi connectivity index (χ2v) is 4.90. The molecule has 17 heavy (non-hydrogen) atoms. The maximum atomic E-state index is 11.8. The fourth-order valence-electron chi connectivity index (χ4n) is 1.46. The van der Waals surface area contributed by atoms with Crippen molar-refractivity contribution in [2.24, 2.45) is 0 Å². The van der Waals surface area contributed by atoms with Crippen LogP contribution in [0, 0.1) is 6.92 Å². The van der Waals surface area contributed by atoms with Crippen LogP contribution in [0.4, 0.5) is 5.82 Å². The first kappa shape index (κ1) is 11.8. The van der Waals surface area contributed by atoms with Crippen molar-refractivity contribution in [1.82, 2.24) is 14.5 Å². The molecule has 2 aromatic rings. The topological polar surface area (TPSA) is 59.8 Å². The number of aryl methyl sites for hydroxylation is 2. The Labute approximate surface area is 103 Å². The molecular weight excluding hydrogens is 236 g/mol. The number of hydrogen-bond acceptors (Lipinski definition) is 5. The molecule has 6 heteroatoms. The fraction of sp³-hybridized carbons (Fsp3) is 0.364. The molecule has 0 amide bonds. The van der Waals surface area contributed by atoms with Gasteiger partial charge in [-0.15, -0.1) is 11.3 Å². The Balaban J connectivity index is 2.11. The summed E-state index contributed by atoms with van der Waals surface area (Å²) in [5.41, 5.74) is -0.0942. The zero-order valence-corrected chi connectivity index (χ0v) is 10.6. The number of nitrogens with one attached hydrogen (secondary N) is 1. The summed E-state index contributed by atoms with van der Waals surface area (Å²) in [4.78, 5) is 21.3. The summed E-state index contributed by atoms with van der Waals surface area (Å²) in [6.45, 7) is 5.11. The predicted molar refractivity (Wildman–Crippen MR) is 68.3 cm³/mol. The molecule has 1 N–H and O–H groups in total. The summed E-state index contributed by atoms with van der Waals surface area (Å²) >= 11 is 1.61. The van der Waals surface area contributed by atoms with Gasteiger partial charge in [0.05, 0.1) is 6.54 Å². The van der Waals surface area contributed by atoms with E-state index in [9.17, 15) is 4.79 Å². The molecule has 90 valence electrons. The van der Waals surface area contributed by atoms with E-state index < -0.39 is 0 Å². The lowest BCUT2D eigenvalue weighted by Crippen LogP contribution is -2.23. The SMILES string of the molecule is CCn1ccnc(NCc2ncc(C)s2)c1=O. The normalized spacial score (nSPS) is 10.5. The third-order valence-corrected chi connectivity index (χ3v) is 3.24. The lowest BCUT2D eigenvalue weighted by atomic mass is 10.5. The Morgan fingerprint density at radius 2 is 2.29 bits per heavy atom. The molecule has 0 saturated heterocycles. The van der Waals surface area contributed by atoms with E-state index >= 15 is 0 Å². The van der Waals surface area contributed by atoms with Crippen molar-refractivity contribution in [2.75, 3.05) is 5.32 Å². The molecule has 0 saturated carbocycles. The van der Waals surface area contributed by atoms with Crippen LogP contribution in [0.15, 0.2) is 23.4 Å². The first-order chi connectivity index (χ1) is 8.20. The number of rotatable bonds is 4. The van der Waals surface area contributed by atoms with Gasteiger partial charge in [-0.2, -0.15) is 0 Å². The van der Waals surface area contributed by atoms with Crippen LogP contribution in [-0.4, -0.2) is 14.5 Å². The molecule has 0 aliphatic heterocycles. The Kier molecular flexibility index (Phi) is 3.53. The summed E-state index contributed by atoms with van der Waals surface area (Å²) in [7, 11) is 0. The molecular formula is C11H14N4OS. The molecule has 2 heterocycles. The molecule has 0 radical (unpaired) electrons. The number of thiazole rings is 1. The molecule has 0 aliphatic rings. The largest absolute Gasteiger partial charge is 0.359 e. The molecule has 0 bridgehead atoms. The van der Waals surface area contributed by atoms with Crippen LogP contribution < -0.4 is 10.9 Å². The summed E-state index contributed by atoms with van der Waals surface area (Å²) in [6.07, 6.45) is 5.13. The molecule has 0 aliphatic carbocycles. The second kappa shape index (κ2) is 5.09. The second-order valence-electron chi connectivity index (χ2n) is 3.59. The molecule has 2 rings (SSSR count). The van der Waals surface area contributed by atoms with Gasteiger partial charge in [-0.3, -0.25) is 4.79 Å². The van der Waals surface area contributed by atoms with Crippen molar-refractivity contribution in [3.8, 4) is 0 Å². The number of aromatic nitrogens is 3. The molecule has 2 aromatic heterocycles. The monoisotopic (exact) mass is 250 g/mol. The molecule has 0 spiro atoms. The van der Waals surface area contributed by atoms with E-state index in [0.717, 1.165) is 9.88 Å². The van der Waals surface area contributed by atoms with E-state index in [4.69, 9.17) is 0 Å². The van der Waals surface area contributed by atoms with Gasteiger partial charge in [0.25, 0.3) is 5.56 Å². The first-order valence-electron chi connectivity index (χ1n) is 5.41. The van der Waals surface area contributed by atoms with Crippen LogP contribution >= 0.6 is 11.3 Å². The minimum absolute atomic E-state index is 0.0942. The van der Waals surface area contributed by atoms with Crippen LogP contribution in [0.3, 0.4) is 0 Å². The standard InChI is InChI=1S/C11H14N4OS/c1-3-15-5-4-12-10(11(15)16)14-7-9-13-6-8(2)17-9/h4-6H,3,7H2,1-2H3,(H,12,14). The minimum atomic E-state index is -0.0942. The van der Waals surface area contributed by atoms with Crippen LogP contribution in [0.5, 0.6) is 0 Å². The van der Waals surface area contributed by atoms with Gasteiger partial charge < -0.3 is 9.88 Å². The summed E-state index contributed by atoms with van der Waals surface area (Å²) in [5, 5.41) is 3.98. The van der Waals surface area contributed by atoms with Gasteiger partial charge in [0, 0.05) is 30.0 Å². The Bertz CT molecular complexity index is 561. The maximum absolute atomic E-state index is 11.8. The molecule has 0 unspecified atom stereocenters. The average molecular weight is 250 g/mol. The number of hydrogen-bond donors (Lipinski definition) is 1. The Hall–Kier alpha value is -1.69. The van der Waals surface area contributed by atoms with Gasteiger partial charge in [-0.1, -0.05) is 0 Å². The number of anilines is 1. The Morgan fingerprint density at radius 1 is 1.47 bits per heavy atom. The van der Waals surface area contributed by atoms with E-state index in [1.54, 1.807) is 28.3 Å². The van der Waals surface area contributed by atoms with Crippen LogP contribution in [0.25, 0.3) is 0 Å². The summed E-state index contributed by atoms with van der Waals surface area (Å²) in [5.74, 6) is 0.377. The van der Waals surface area contributed by atoms with E-state index in [0.29, 0.717) is 18.9 Å². The summed E-state index contributed by atoms with van der Waals surface area (Å²) < 4.78 is 1.61. The highest BCUT2D eigenvalue weighted by molar-refractivity contribution is 7.11. The molecule has 0 atom stereocenters. The van der Waals surface area contributed by atoms with Crippen LogP contribution in [0.1, 0.15) is 16.8 Å². The quantitative estimate of drug-likeness (QED) is 0.896. The van der Waals surface area contributed by atoms with Gasteiger partial charge in [-0.05, 0) is 13.8 Å². The first-order valence-corrected chi connectivity index (χ1v) is 6.23.